The van der Waals surface area contributed by atoms with E-state index in [0.717, 1.165) is 19.3 Å². The number of rotatable bonds is 6. The van der Waals surface area contributed by atoms with E-state index in [-0.39, 0.29) is 35.9 Å². The molecular weight excluding hydrogens is 284 g/mol. The summed E-state index contributed by atoms with van der Waals surface area (Å²) in [4.78, 5) is 12.6. The zero-order chi connectivity index (χ0) is 16.0. The molecule has 1 heterocycles. The molecule has 22 heavy (non-hydrogen) atoms. The van der Waals surface area contributed by atoms with Gasteiger partial charge >= 0.3 is 0 Å². The van der Waals surface area contributed by atoms with Crippen LogP contribution in [-0.2, 0) is 23.7 Å². The van der Waals surface area contributed by atoms with Crippen molar-refractivity contribution in [2.75, 3.05) is 27.1 Å². The first kappa shape index (κ1) is 16.4. The number of hydrogen-bond acceptors (Lipinski definition) is 5. The Kier molecular flexibility index (Phi) is 4.36. The van der Waals surface area contributed by atoms with Crippen LogP contribution in [-0.4, -0.2) is 51.2 Å². The van der Waals surface area contributed by atoms with Gasteiger partial charge in [0.2, 0.25) is 0 Å². The molecule has 5 heteroatoms. The van der Waals surface area contributed by atoms with Crippen molar-refractivity contribution >= 4 is 5.78 Å². The average Bonchev–Trinajstić information content (AvgIpc) is 3.24. The zero-order valence-electron chi connectivity index (χ0n) is 14.1. The van der Waals surface area contributed by atoms with Crippen molar-refractivity contribution in [1.29, 1.82) is 0 Å². The standard InChI is InChI=1S/C17H28O5/c1-16(2)12-9-11-14(22-11)15(18)17(12,3)6-5-13(16)21-10-20-8-7-19-4/h11-14H,5-10H2,1-4H3/t11-,12-,13+,14-,17-/m1/s1. The smallest absolute Gasteiger partial charge is 0.170 e. The largest absolute Gasteiger partial charge is 0.382 e. The normalized spacial score (nSPS) is 42.6. The summed E-state index contributed by atoms with van der Waals surface area (Å²) >= 11 is 0. The van der Waals surface area contributed by atoms with Crippen LogP contribution in [0, 0.1) is 16.7 Å². The second kappa shape index (κ2) is 5.86. The van der Waals surface area contributed by atoms with Gasteiger partial charge in [-0.3, -0.25) is 4.79 Å². The van der Waals surface area contributed by atoms with Crippen LogP contribution >= 0.6 is 0 Å². The molecule has 5 atom stereocenters. The SMILES string of the molecule is COCCOCO[C@H]1CC[C@@]2(C)C(=O)[C@@H]3O[C@@H]3C[C@@H]2C1(C)C. The van der Waals surface area contributed by atoms with Gasteiger partial charge in [-0.2, -0.15) is 0 Å². The highest BCUT2D eigenvalue weighted by atomic mass is 16.7. The van der Waals surface area contributed by atoms with E-state index < -0.39 is 0 Å². The lowest BCUT2D eigenvalue weighted by molar-refractivity contribution is -0.183. The molecular formula is C17H28O5. The third kappa shape index (κ3) is 2.62. The van der Waals surface area contributed by atoms with E-state index in [0.29, 0.717) is 24.9 Å². The first-order valence-corrected chi connectivity index (χ1v) is 8.29. The van der Waals surface area contributed by atoms with Crippen LogP contribution in [0.25, 0.3) is 0 Å². The van der Waals surface area contributed by atoms with Gasteiger partial charge < -0.3 is 18.9 Å². The Balaban J connectivity index is 1.63. The molecule has 0 amide bonds. The van der Waals surface area contributed by atoms with Gasteiger partial charge in [-0.1, -0.05) is 20.8 Å². The molecule has 0 unspecified atom stereocenters. The third-order valence-electron chi connectivity index (χ3n) is 6.08. The predicted octanol–water partition coefficient (Wildman–Crippen LogP) is 2.17. The summed E-state index contributed by atoms with van der Waals surface area (Å²) in [6, 6.07) is 0. The van der Waals surface area contributed by atoms with Crippen LogP contribution in [0.3, 0.4) is 0 Å². The molecule has 1 aliphatic heterocycles. The molecule has 0 aromatic heterocycles. The molecule has 0 bridgehead atoms. The lowest BCUT2D eigenvalue weighted by Gasteiger charge is -2.54. The van der Waals surface area contributed by atoms with Crippen LogP contribution in [0.1, 0.15) is 40.0 Å². The third-order valence-corrected chi connectivity index (χ3v) is 6.08. The van der Waals surface area contributed by atoms with Gasteiger partial charge in [0.1, 0.15) is 12.9 Å². The highest BCUT2D eigenvalue weighted by Crippen LogP contribution is 2.60. The number of Topliss-reactive ketones (excluding diaryl/α,β-unsaturated/α-hetero) is 1. The summed E-state index contributed by atoms with van der Waals surface area (Å²) in [5.74, 6) is 0.630. The van der Waals surface area contributed by atoms with E-state index in [4.69, 9.17) is 18.9 Å². The van der Waals surface area contributed by atoms with Crippen LogP contribution in [0.5, 0.6) is 0 Å². The molecule has 3 fully saturated rings. The lowest BCUT2D eigenvalue weighted by atomic mass is 9.50. The van der Waals surface area contributed by atoms with Crippen LogP contribution in [0.15, 0.2) is 0 Å². The Labute approximate surface area is 132 Å². The molecule has 3 aliphatic rings. The topological polar surface area (TPSA) is 57.3 Å². The van der Waals surface area contributed by atoms with E-state index in [9.17, 15) is 4.79 Å². The van der Waals surface area contributed by atoms with Crippen molar-refractivity contribution < 1.29 is 23.7 Å². The highest BCUT2D eigenvalue weighted by Gasteiger charge is 2.65. The fourth-order valence-electron chi connectivity index (χ4n) is 4.62. The number of hydrogen-bond donors (Lipinski definition) is 0. The van der Waals surface area contributed by atoms with Gasteiger partial charge in [-0.25, -0.2) is 0 Å². The van der Waals surface area contributed by atoms with E-state index in [1.54, 1.807) is 7.11 Å². The maximum atomic E-state index is 12.6. The molecule has 0 N–H and O–H groups in total. The fraction of sp³-hybridized carbons (Fsp3) is 0.941. The molecule has 126 valence electrons. The van der Waals surface area contributed by atoms with Gasteiger partial charge in [0.15, 0.2) is 5.78 Å². The van der Waals surface area contributed by atoms with Crippen molar-refractivity contribution in [3.05, 3.63) is 0 Å². The van der Waals surface area contributed by atoms with E-state index in [2.05, 4.69) is 20.8 Å². The minimum Gasteiger partial charge on any atom is -0.382 e. The minimum atomic E-state index is -0.252. The van der Waals surface area contributed by atoms with Crippen molar-refractivity contribution in [2.45, 2.75) is 58.3 Å². The molecule has 0 aromatic carbocycles. The zero-order valence-corrected chi connectivity index (χ0v) is 14.1. The molecule has 1 saturated heterocycles. The Morgan fingerprint density at radius 2 is 2.05 bits per heavy atom. The molecule has 0 aromatic rings. The first-order chi connectivity index (χ1) is 10.4. The summed E-state index contributed by atoms with van der Waals surface area (Å²) in [7, 11) is 1.66. The monoisotopic (exact) mass is 312 g/mol. The minimum absolute atomic E-state index is 0.0514. The van der Waals surface area contributed by atoms with Crippen LogP contribution < -0.4 is 0 Å². The van der Waals surface area contributed by atoms with Gasteiger partial charge in [-0.05, 0) is 30.6 Å². The molecule has 0 spiro atoms. The lowest BCUT2D eigenvalue weighted by Crippen LogP contribution is -2.57. The summed E-state index contributed by atoms with van der Waals surface area (Å²) in [6.07, 6.45) is 2.92. The van der Waals surface area contributed by atoms with E-state index >= 15 is 0 Å². The molecule has 2 saturated carbocycles. The molecule has 3 rings (SSSR count). The second-order valence-electron chi connectivity index (χ2n) is 7.70. The second-order valence-corrected chi connectivity index (χ2v) is 7.70. The summed E-state index contributed by atoms with van der Waals surface area (Å²) in [6.45, 7) is 7.99. The van der Waals surface area contributed by atoms with E-state index in [1.807, 2.05) is 0 Å². The van der Waals surface area contributed by atoms with Gasteiger partial charge in [0, 0.05) is 12.5 Å². The van der Waals surface area contributed by atoms with Gasteiger partial charge in [0.25, 0.3) is 0 Å². The summed E-state index contributed by atoms with van der Waals surface area (Å²) in [5.41, 5.74) is -0.303. The molecule has 2 aliphatic carbocycles. The van der Waals surface area contributed by atoms with Crippen molar-refractivity contribution in [3.8, 4) is 0 Å². The molecule has 5 nitrogen and oxygen atoms in total. The summed E-state index contributed by atoms with van der Waals surface area (Å²) < 4.78 is 22.0. The predicted molar refractivity (Wildman–Crippen MR) is 80.5 cm³/mol. The number of ether oxygens (including phenoxy) is 4. The quantitative estimate of drug-likeness (QED) is 0.427. The van der Waals surface area contributed by atoms with E-state index in [1.165, 1.54) is 0 Å². The Morgan fingerprint density at radius 3 is 2.77 bits per heavy atom. The average molecular weight is 312 g/mol. The maximum absolute atomic E-state index is 12.6. The Bertz CT molecular complexity index is 435. The maximum Gasteiger partial charge on any atom is 0.170 e. The van der Waals surface area contributed by atoms with Gasteiger partial charge in [-0.15, -0.1) is 0 Å². The van der Waals surface area contributed by atoms with Crippen molar-refractivity contribution in [2.24, 2.45) is 16.7 Å². The van der Waals surface area contributed by atoms with Gasteiger partial charge in [0.05, 0.1) is 25.4 Å². The fourth-order valence-corrected chi connectivity index (χ4v) is 4.62. The number of methoxy groups -OCH3 is 1. The number of carbonyl (C=O) groups is 1. The van der Waals surface area contributed by atoms with Crippen molar-refractivity contribution in [3.63, 3.8) is 0 Å². The number of fused-ring (bicyclic) bond motifs is 2. The Morgan fingerprint density at radius 1 is 1.27 bits per heavy atom. The number of ketones is 1. The van der Waals surface area contributed by atoms with Crippen molar-refractivity contribution in [1.82, 2.24) is 0 Å². The van der Waals surface area contributed by atoms with Crippen LogP contribution in [0.4, 0.5) is 0 Å². The number of carbonyl (C=O) groups excluding carboxylic acids is 1. The first-order valence-electron chi connectivity index (χ1n) is 8.29. The highest BCUT2D eigenvalue weighted by molar-refractivity contribution is 5.92. The molecule has 0 radical (unpaired) electrons. The van der Waals surface area contributed by atoms with Crippen LogP contribution in [0.2, 0.25) is 0 Å². The number of epoxide rings is 1. The Hall–Kier alpha value is -0.490. The summed E-state index contributed by atoms with van der Waals surface area (Å²) in [5, 5.41) is 0.